The Hall–Kier alpha value is -2.16. The van der Waals surface area contributed by atoms with Crippen molar-refractivity contribution >= 4 is 11.5 Å². The number of benzene rings is 2. The summed E-state index contributed by atoms with van der Waals surface area (Å²) in [6, 6.07) is 12.7. The average Bonchev–Trinajstić information content (AvgIpc) is 2.41. The molecule has 3 heteroatoms. The minimum absolute atomic E-state index is 0.128. The van der Waals surface area contributed by atoms with E-state index in [0.717, 1.165) is 5.56 Å². The summed E-state index contributed by atoms with van der Waals surface area (Å²) in [6.07, 6.45) is 0. The zero-order valence-electron chi connectivity index (χ0n) is 12.0. The molecule has 0 N–H and O–H groups in total. The second-order valence-electron chi connectivity index (χ2n) is 5.00. The summed E-state index contributed by atoms with van der Waals surface area (Å²) in [4.78, 5) is 13.1. The molecular formula is C17H18FNO. The van der Waals surface area contributed by atoms with Crippen LogP contribution in [-0.2, 0) is 6.54 Å². The second-order valence-corrected chi connectivity index (χ2v) is 5.00. The highest BCUT2D eigenvalue weighted by molar-refractivity contribution is 5.94. The van der Waals surface area contributed by atoms with Gasteiger partial charge in [0, 0.05) is 19.2 Å². The van der Waals surface area contributed by atoms with Crippen LogP contribution in [0.3, 0.4) is 0 Å². The molecule has 2 nitrogen and oxygen atoms in total. The quantitative estimate of drug-likeness (QED) is 0.784. The minimum Gasteiger partial charge on any atom is -0.368 e. The molecule has 104 valence electrons. The maximum Gasteiger partial charge on any atom is 0.159 e. The zero-order valence-corrected chi connectivity index (χ0v) is 12.0. The Labute approximate surface area is 118 Å². The van der Waals surface area contributed by atoms with Gasteiger partial charge in [-0.15, -0.1) is 0 Å². The van der Waals surface area contributed by atoms with Crippen LogP contribution in [0.25, 0.3) is 0 Å². The number of rotatable bonds is 4. The summed E-state index contributed by atoms with van der Waals surface area (Å²) in [7, 11) is 1.85. The summed E-state index contributed by atoms with van der Waals surface area (Å²) in [6.45, 7) is 4.10. The first-order valence-corrected chi connectivity index (χ1v) is 6.55. The smallest absolute Gasteiger partial charge is 0.159 e. The Morgan fingerprint density at radius 2 is 1.90 bits per heavy atom. The van der Waals surface area contributed by atoms with E-state index >= 15 is 0 Å². The number of carbonyl (C=O) groups is 1. The van der Waals surface area contributed by atoms with Crippen LogP contribution in [0.4, 0.5) is 10.1 Å². The third-order valence-electron chi connectivity index (χ3n) is 3.43. The third-order valence-corrected chi connectivity index (χ3v) is 3.43. The molecule has 0 aliphatic heterocycles. The van der Waals surface area contributed by atoms with Crippen LogP contribution in [-0.4, -0.2) is 12.8 Å². The van der Waals surface area contributed by atoms with E-state index in [1.54, 1.807) is 12.1 Å². The number of nitrogens with zero attached hydrogens (tertiary/aromatic N) is 1. The van der Waals surface area contributed by atoms with Crippen molar-refractivity contribution in [3.63, 3.8) is 0 Å². The van der Waals surface area contributed by atoms with Gasteiger partial charge in [-0.1, -0.05) is 24.3 Å². The molecule has 0 aliphatic rings. The lowest BCUT2D eigenvalue weighted by Gasteiger charge is -2.21. The number of hydrogen-bond acceptors (Lipinski definition) is 2. The zero-order chi connectivity index (χ0) is 14.7. The fourth-order valence-electron chi connectivity index (χ4n) is 2.16. The monoisotopic (exact) mass is 271 g/mol. The van der Waals surface area contributed by atoms with Crippen molar-refractivity contribution in [1.82, 2.24) is 0 Å². The summed E-state index contributed by atoms with van der Waals surface area (Å²) < 4.78 is 14.1. The minimum atomic E-state index is -0.367. The predicted octanol–water partition coefficient (Wildman–Crippen LogP) is 3.97. The van der Waals surface area contributed by atoms with Gasteiger partial charge in [0.2, 0.25) is 0 Å². The van der Waals surface area contributed by atoms with Gasteiger partial charge in [0.15, 0.2) is 5.78 Å². The number of carbonyl (C=O) groups excluding carboxylic acids is 1. The molecule has 2 aromatic rings. The fraction of sp³-hybridized carbons (Fsp3) is 0.235. The highest BCUT2D eigenvalue weighted by atomic mass is 19.1. The summed E-state index contributed by atoms with van der Waals surface area (Å²) >= 11 is 0. The molecule has 0 bridgehead atoms. The number of Topliss-reactive ketones (excluding diaryl/α,β-unsaturated/α-hetero) is 1. The number of halogens is 1. The Kier molecular flexibility index (Phi) is 4.18. The van der Waals surface area contributed by atoms with Gasteiger partial charge in [0.1, 0.15) is 5.82 Å². The van der Waals surface area contributed by atoms with Gasteiger partial charge in [-0.25, -0.2) is 4.39 Å². The number of hydrogen-bond donors (Lipinski definition) is 0. The SMILES string of the molecule is CC(=O)c1ccc(N(C)Cc2ccccc2C)c(F)c1. The fourth-order valence-corrected chi connectivity index (χ4v) is 2.16. The van der Waals surface area contributed by atoms with Crippen molar-refractivity contribution < 1.29 is 9.18 Å². The van der Waals surface area contributed by atoms with Gasteiger partial charge in [0.25, 0.3) is 0 Å². The molecule has 0 fully saturated rings. The van der Waals surface area contributed by atoms with E-state index in [0.29, 0.717) is 17.8 Å². The lowest BCUT2D eigenvalue weighted by atomic mass is 10.1. The maximum absolute atomic E-state index is 14.1. The Morgan fingerprint density at radius 3 is 2.50 bits per heavy atom. The van der Waals surface area contributed by atoms with Gasteiger partial charge in [0.05, 0.1) is 5.69 Å². The van der Waals surface area contributed by atoms with Gasteiger partial charge in [-0.2, -0.15) is 0 Å². The molecule has 0 saturated carbocycles. The molecule has 0 saturated heterocycles. The lowest BCUT2D eigenvalue weighted by molar-refractivity contribution is 0.101. The van der Waals surface area contributed by atoms with E-state index < -0.39 is 0 Å². The number of anilines is 1. The Bertz CT molecular complexity index is 637. The van der Waals surface area contributed by atoms with Crippen molar-refractivity contribution in [2.24, 2.45) is 0 Å². The number of ketones is 1. The van der Waals surface area contributed by atoms with E-state index in [1.807, 2.05) is 43.1 Å². The molecule has 0 atom stereocenters. The van der Waals surface area contributed by atoms with Crippen molar-refractivity contribution in [3.8, 4) is 0 Å². The molecule has 0 unspecified atom stereocenters. The van der Waals surface area contributed by atoms with Crippen LogP contribution >= 0.6 is 0 Å². The average molecular weight is 271 g/mol. The third kappa shape index (κ3) is 3.05. The molecular weight excluding hydrogens is 253 g/mol. The first-order valence-electron chi connectivity index (χ1n) is 6.55. The summed E-state index contributed by atoms with van der Waals surface area (Å²) in [5, 5.41) is 0. The van der Waals surface area contributed by atoms with Gasteiger partial charge in [-0.05, 0) is 43.2 Å². The second kappa shape index (κ2) is 5.87. The molecule has 20 heavy (non-hydrogen) atoms. The van der Waals surface area contributed by atoms with Crippen LogP contribution in [0.15, 0.2) is 42.5 Å². The topological polar surface area (TPSA) is 20.3 Å². The molecule has 2 aromatic carbocycles. The normalized spacial score (nSPS) is 10.4. The first-order chi connectivity index (χ1) is 9.49. The van der Waals surface area contributed by atoms with Crippen molar-refractivity contribution in [2.75, 3.05) is 11.9 Å². The van der Waals surface area contributed by atoms with E-state index in [-0.39, 0.29) is 11.6 Å². The van der Waals surface area contributed by atoms with Gasteiger partial charge >= 0.3 is 0 Å². The van der Waals surface area contributed by atoms with Crippen molar-refractivity contribution in [3.05, 3.63) is 65.0 Å². The maximum atomic E-state index is 14.1. The van der Waals surface area contributed by atoms with Crippen LogP contribution < -0.4 is 4.90 Å². The molecule has 0 spiro atoms. The van der Waals surface area contributed by atoms with E-state index in [9.17, 15) is 9.18 Å². The van der Waals surface area contributed by atoms with Gasteiger partial charge < -0.3 is 4.90 Å². The molecule has 0 aliphatic carbocycles. The number of aryl methyl sites for hydroxylation is 1. The molecule has 0 radical (unpaired) electrons. The standard InChI is InChI=1S/C17H18FNO/c1-12-6-4-5-7-15(12)11-19(3)17-9-8-14(13(2)20)10-16(17)18/h4-10H,11H2,1-3H3. The van der Waals surface area contributed by atoms with Crippen LogP contribution in [0, 0.1) is 12.7 Å². The van der Waals surface area contributed by atoms with E-state index in [1.165, 1.54) is 18.6 Å². The first kappa shape index (κ1) is 14.3. The largest absolute Gasteiger partial charge is 0.368 e. The van der Waals surface area contributed by atoms with E-state index in [4.69, 9.17) is 0 Å². The van der Waals surface area contributed by atoms with Crippen LogP contribution in [0.5, 0.6) is 0 Å². The highest BCUT2D eigenvalue weighted by Gasteiger charge is 2.11. The van der Waals surface area contributed by atoms with Crippen LogP contribution in [0.1, 0.15) is 28.4 Å². The van der Waals surface area contributed by atoms with Gasteiger partial charge in [-0.3, -0.25) is 4.79 Å². The Balaban J connectivity index is 2.23. The van der Waals surface area contributed by atoms with Crippen LogP contribution in [0.2, 0.25) is 0 Å². The Morgan fingerprint density at radius 1 is 1.20 bits per heavy atom. The highest BCUT2D eigenvalue weighted by Crippen LogP contribution is 2.22. The van der Waals surface area contributed by atoms with E-state index in [2.05, 4.69) is 0 Å². The predicted molar refractivity (Wildman–Crippen MR) is 79.7 cm³/mol. The molecule has 2 rings (SSSR count). The molecule has 0 aromatic heterocycles. The molecule has 0 heterocycles. The lowest BCUT2D eigenvalue weighted by Crippen LogP contribution is -2.18. The van der Waals surface area contributed by atoms with Crippen molar-refractivity contribution in [1.29, 1.82) is 0 Å². The molecule has 0 amide bonds. The summed E-state index contributed by atoms with van der Waals surface area (Å²) in [5.74, 6) is -0.495. The summed E-state index contributed by atoms with van der Waals surface area (Å²) in [5.41, 5.74) is 3.24. The van der Waals surface area contributed by atoms with Crippen molar-refractivity contribution in [2.45, 2.75) is 20.4 Å².